The summed E-state index contributed by atoms with van der Waals surface area (Å²) in [5.74, 6) is 0.182. The van der Waals surface area contributed by atoms with Gasteiger partial charge in [-0.3, -0.25) is 9.48 Å². The average Bonchev–Trinajstić information content (AvgIpc) is 3.30. The van der Waals surface area contributed by atoms with Gasteiger partial charge in [0, 0.05) is 42.9 Å². The first-order valence-electron chi connectivity index (χ1n) is 12.9. The second-order valence-electron chi connectivity index (χ2n) is 9.58. The van der Waals surface area contributed by atoms with Crippen LogP contribution in [0.15, 0.2) is 60.8 Å². The number of nitrogens with one attached hydrogen (secondary N) is 2. The van der Waals surface area contributed by atoms with Crippen molar-refractivity contribution in [1.29, 1.82) is 0 Å². The number of carbonyl (C=O) groups is 2. The molecule has 1 aliphatic heterocycles. The average molecular weight is 514 g/mol. The predicted octanol–water partition coefficient (Wildman–Crippen LogP) is 3.76. The zero-order valence-corrected chi connectivity index (χ0v) is 21.3. The number of hydrogen-bond acceptors (Lipinski definition) is 6. The second kappa shape index (κ2) is 11.3. The van der Waals surface area contributed by atoms with Gasteiger partial charge in [-0.05, 0) is 67.1 Å². The Morgan fingerprint density at radius 3 is 2.82 bits per heavy atom. The minimum Gasteiger partial charge on any atom is -0.494 e. The molecule has 38 heavy (non-hydrogen) atoms. The van der Waals surface area contributed by atoms with E-state index in [2.05, 4.69) is 27.9 Å². The number of carboxylic acid groups (broad SMARTS) is 1. The van der Waals surface area contributed by atoms with E-state index in [1.54, 1.807) is 22.9 Å². The molecule has 1 aliphatic rings. The van der Waals surface area contributed by atoms with Gasteiger partial charge in [0.05, 0.1) is 12.1 Å². The molecule has 2 aromatic carbocycles. The fourth-order valence-electron chi connectivity index (χ4n) is 4.63. The first kappa shape index (κ1) is 25.3. The van der Waals surface area contributed by atoms with E-state index in [9.17, 15) is 14.7 Å². The van der Waals surface area contributed by atoms with Crippen LogP contribution >= 0.6 is 0 Å². The van der Waals surface area contributed by atoms with Gasteiger partial charge in [0.2, 0.25) is 0 Å². The van der Waals surface area contributed by atoms with E-state index in [1.807, 2.05) is 37.5 Å². The van der Waals surface area contributed by atoms with E-state index >= 15 is 0 Å². The number of fused-ring (bicyclic) bond motifs is 2. The Hall–Kier alpha value is -4.40. The molecule has 3 heterocycles. The number of carbonyl (C=O) groups excluding carboxylic acids is 1. The SMILES string of the molecule is Cn1cc2ccc(C(=O)N[C@H](Cc3ccc(OCCCc4ccc5c(n4)NCCC5)cc3)C(=O)O)cc2n1. The van der Waals surface area contributed by atoms with E-state index in [-0.39, 0.29) is 6.42 Å². The number of carboxylic acids is 1. The van der Waals surface area contributed by atoms with Crippen LogP contribution in [0.5, 0.6) is 5.75 Å². The van der Waals surface area contributed by atoms with E-state index in [4.69, 9.17) is 9.72 Å². The highest BCUT2D eigenvalue weighted by atomic mass is 16.5. The molecule has 1 atom stereocenters. The van der Waals surface area contributed by atoms with Crippen LogP contribution in [0.3, 0.4) is 0 Å². The Balaban J connectivity index is 1.11. The Bertz CT molecular complexity index is 1450. The van der Waals surface area contributed by atoms with Gasteiger partial charge in [-0.2, -0.15) is 5.10 Å². The Morgan fingerprint density at radius 2 is 2.00 bits per heavy atom. The number of rotatable bonds is 10. The molecule has 1 amide bonds. The molecule has 9 heteroatoms. The molecule has 2 aromatic heterocycles. The predicted molar refractivity (Wildman–Crippen MR) is 145 cm³/mol. The summed E-state index contributed by atoms with van der Waals surface area (Å²) in [6.07, 6.45) is 5.91. The summed E-state index contributed by atoms with van der Waals surface area (Å²) < 4.78 is 7.54. The van der Waals surface area contributed by atoms with Crippen LogP contribution < -0.4 is 15.4 Å². The monoisotopic (exact) mass is 513 g/mol. The van der Waals surface area contributed by atoms with Gasteiger partial charge in [-0.15, -0.1) is 0 Å². The van der Waals surface area contributed by atoms with Crippen molar-refractivity contribution in [3.05, 3.63) is 83.2 Å². The Labute approximate surface area is 220 Å². The molecule has 0 spiro atoms. The first-order chi connectivity index (χ1) is 18.4. The van der Waals surface area contributed by atoms with Crippen molar-refractivity contribution in [2.24, 2.45) is 7.05 Å². The minimum atomic E-state index is -1.09. The van der Waals surface area contributed by atoms with Crippen LogP contribution in [0.2, 0.25) is 0 Å². The fraction of sp³-hybridized carbons (Fsp3) is 0.310. The van der Waals surface area contributed by atoms with Crippen molar-refractivity contribution in [3.8, 4) is 5.75 Å². The molecule has 5 rings (SSSR count). The lowest BCUT2D eigenvalue weighted by Gasteiger charge is -2.17. The number of aryl methyl sites for hydroxylation is 3. The summed E-state index contributed by atoms with van der Waals surface area (Å²) in [5.41, 5.74) is 4.17. The fourth-order valence-corrected chi connectivity index (χ4v) is 4.63. The normalized spacial score (nSPS) is 13.4. The van der Waals surface area contributed by atoms with Crippen LogP contribution in [0.25, 0.3) is 10.9 Å². The molecule has 0 unspecified atom stereocenters. The van der Waals surface area contributed by atoms with Crippen LogP contribution in [0.4, 0.5) is 5.82 Å². The Morgan fingerprint density at radius 1 is 1.16 bits per heavy atom. The zero-order chi connectivity index (χ0) is 26.5. The third kappa shape index (κ3) is 6.11. The maximum Gasteiger partial charge on any atom is 0.326 e. The van der Waals surface area contributed by atoms with Gasteiger partial charge in [0.1, 0.15) is 17.6 Å². The quantitative estimate of drug-likeness (QED) is 0.276. The van der Waals surface area contributed by atoms with E-state index < -0.39 is 17.9 Å². The number of ether oxygens (including phenoxy) is 1. The number of aliphatic carboxylic acids is 1. The summed E-state index contributed by atoms with van der Waals surface area (Å²) in [6, 6.07) is 15.6. The van der Waals surface area contributed by atoms with E-state index in [0.717, 1.165) is 54.7 Å². The highest BCUT2D eigenvalue weighted by molar-refractivity contribution is 5.99. The highest BCUT2D eigenvalue weighted by Crippen LogP contribution is 2.20. The summed E-state index contributed by atoms with van der Waals surface area (Å²) in [4.78, 5) is 29.3. The third-order valence-electron chi connectivity index (χ3n) is 6.65. The number of nitrogens with zero attached hydrogens (tertiary/aromatic N) is 3. The number of hydrogen-bond donors (Lipinski definition) is 3. The summed E-state index contributed by atoms with van der Waals surface area (Å²) in [7, 11) is 1.81. The number of amides is 1. The summed E-state index contributed by atoms with van der Waals surface area (Å²) >= 11 is 0. The molecule has 0 saturated heterocycles. The molecule has 0 saturated carbocycles. The van der Waals surface area contributed by atoms with E-state index in [1.165, 1.54) is 5.56 Å². The highest BCUT2D eigenvalue weighted by Gasteiger charge is 2.21. The van der Waals surface area contributed by atoms with Gasteiger partial charge < -0.3 is 20.5 Å². The molecular formula is C29H31N5O4. The molecule has 0 radical (unpaired) electrons. The summed E-state index contributed by atoms with van der Waals surface area (Å²) in [6.45, 7) is 1.53. The van der Waals surface area contributed by atoms with Crippen molar-refractivity contribution in [1.82, 2.24) is 20.1 Å². The van der Waals surface area contributed by atoms with Crippen molar-refractivity contribution in [3.63, 3.8) is 0 Å². The largest absolute Gasteiger partial charge is 0.494 e. The number of benzene rings is 2. The maximum absolute atomic E-state index is 12.7. The lowest BCUT2D eigenvalue weighted by molar-refractivity contribution is -0.139. The molecule has 4 aromatic rings. The molecule has 9 nitrogen and oxygen atoms in total. The molecule has 3 N–H and O–H groups in total. The zero-order valence-electron chi connectivity index (χ0n) is 21.3. The van der Waals surface area contributed by atoms with Crippen LogP contribution in [0, 0.1) is 0 Å². The molecule has 0 bridgehead atoms. The van der Waals surface area contributed by atoms with Crippen molar-refractivity contribution < 1.29 is 19.4 Å². The van der Waals surface area contributed by atoms with E-state index in [0.29, 0.717) is 23.4 Å². The van der Waals surface area contributed by atoms with Crippen LogP contribution in [-0.2, 0) is 31.1 Å². The number of aromatic nitrogens is 3. The molecule has 196 valence electrons. The molecule has 0 fully saturated rings. The minimum absolute atomic E-state index is 0.158. The topological polar surface area (TPSA) is 118 Å². The van der Waals surface area contributed by atoms with Gasteiger partial charge in [0.25, 0.3) is 5.91 Å². The number of anilines is 1. The molecule has 0 aliphatic carbocycles. The van der Waals surface area contributed by atoms with Gasteiger partial charge >= 0.3 is 5.97 Å². The smallest absolute Gasteiger partial charge is 0.326 e. The van der Waals surface area contributed by atoms with Crippen molar-refractivity contribution in [2.45, 2.75) is 38.1 Å². The maximum atomic E-state index is 12.7. The summed E-state index contributed by atoms with van der Waals surface area (Å²) in [5, 5.41) is 20.9. The lowest BCUT2D eigenvalue weighted by atomic mass is 10.0. The third-order valence-corrected chi connectivity index (χ3v) is 6.65. The first-order valence-corrected chi connectivity index (χ1v) is 12.9. The standard InChI is InChI=1S/C29H31N5O4/c1-34-18-22-9-8-21(17-25(22)33-34)28(35)32-26(29(36)37)16-19-6-12-24(13-7-19)38-15-3-5-23-11-10-20-4-2-14-30-27(20)31-23/h6-13,17-18,26H,2-5,14-16H2,1H3,(H,30,31)(H,32,35)(H,36,37)/t26-/m1/s1. The number of pyridine rings is 1. The lowest BCUT2D eigenvalue weighted by Crippen LogP contribution is -2.42. The van der Waals surface area contributed by atoms with Crippen LogP contribution in [-0.4, -0.2) is 50.9 Å². The molecular weight excluding hydrogens is 482 g/mol. The second-order valence-corrected chi connectivity index (χ2v) is 9.58. The van der Waals surface area contributed by atoms with Gasteiger partial charge in [-0.25, -0.2) is 9.78 Å². The van der Waals surface area contributed by atoms with Gasteiger partial charge in [0.15, 0.2) is 0 Å². The van der Waals surface area contributed by atoms with Crippen LogP contribution in [0.1, 0.15) is 40.0 Å². The van der Waals surface area contributed by atoms with Gasteiger partial charge in [-0.1, -0.05) is 24.3 Å². The van der Waals surface area contributed by atoms with Crippen molar-refractivity contribution in [2.75, 3.05) is 18.5 Å². The Kier molecular flexibility index (Phi) is 7.53. The van der Waals surface area contributed by atoms with Crippen molar-refractivity contribution >= 4 is 28.6 Å².